The predicted molar refractivity (Wildman–Crippen MR) is 102 cm³/mol. The van der Waals surface area contributed by atoms with Crippen molar-refractivity contribution in [2.75, 3.05) is 13.7 Å². The largest absolute Gasteiger partial charge is 0.484 e. The molecule has 1 aromatic heterocycles. The summed E-state index contributed by atoms with van der Waals surface area (Å²) < 4.78 is 6.76. The molecule has 25 heavy (non-hydrogen) atoms. The van der Waals surface area contributed by atoms with E-state index in [4.69, 9.17) is 4.74 Å². The number of aromatic nitrogens is 1. The summed E-state index contributed by atoms with van der Waals surface area (Å²) in [5.74, 6) is 0.651. The van der Waals surface area contributed by atoms with Gasteiger partial charge in [0.2, 0.25) is 0 Å². The van der Waals surface area contributed by atoms with Gasteiger partial charge in [-0.2, -0.15) is 0 Å². The first-order valence-corrected chi connectivity index (χ1v) is 9.23. The molecule has 130 valence electrons. The molecule has 0 fully saturated rings. The standard InChI is InChI=1S/C20H22N2O2S/c1-4-15-9-11-16(12-10-15)24-13-19(23)22(3)14(2)20-21-17-7-5-6-8-18(17)25-20/h5-12,14H,4,13H2,1-3H3/t14-/m1/s1. The van der Waals surface area contributed by atoms with E-state index in [0.717, 1.165) is 21.6 Å². The summed E-state index contributed by atoms with van der Waals surface area (Å²) >= 11 is 1.62. The molecule has 0 aliphatic carbocycles. The molecule has 0 radical (unpaired) electrons. The molecule has 3 rings (SSSR count). The van der Waals surface area contributed by atoms with E-state index in [1.807, 2.05) is 55.5 Å². The van der Waals surface area contributed by atoms with Crippen LogP contribution < -0.4 is 4.74 Å². The van der Waals surface area contributed by atoms with Crippen molar-refractivity contribution in [3.05, 3.63) is 59.1 Å². The van der Waals surface area contributed by atoms with Crippen molar-refractivity contribution in [1.29, 1.82) is 0 Å². The Hall–Kier alpha value is -2.40. The van der Waals surface area contributed by atoms with Crippen molar-refractivity contribution in [2.24, 2.45) is 0 Å². The van der Waals surface area contributed by atoms with E-state index < -0.39 is 0 Å². The van der Waals surface area contributed by atoms with E-state index in [1.54, 1.807) is 23.3 Å². The summed E-state index contributed by atoms with van der Waals surface area (Å²) in [5.41, 5.74) is 2.22. The number of para-hydroxylation sites is 1. The Morgan fingerprint density at radius 1 is 1.20 bits per heavy atom. The lowest BCUT2D eigenvalue weighted by atomic mass is 10.2. The summed E-state index contributed by atoms with van der Waals surface area (Å²) in [4.78, 5) is 18.8. The van der Waals surface area contributed by atoms with Gasteiger partial charge in [0.15, 0.2) is 6.61 Å². The smallest absolute Gasteiger partial charge is 0.260 e. The fourth-order valence-electron chi connectivity index (χ4n) is 2.52. The minimum atomic E-state index is -0.0871. The Labute approximate surface area is 152 Å². The summed E-state index contributed by atoms with van der Waals surface area (Å²) in [5, 5.41) is 0.935. The van der Waals surface area contributed by atoms with Gasteiger partial charge < -0.3 is 9.64 Å². The third-order valence-corrected chi connectivity index (χ3v) is 5.54. The normalized spacial score (nSPS) is 12.1. The molecule has 0 unspecified atom stereocenters. The number of likely N-dealkylation sites (N-methyl/N-ethyl adjacent to an activating group) is 1. The van der Waals surface area contributed by atoms with E-state index in [9.17, 15) is 4.79 Å². The molecule has 0 N–H and O–H groups in total. The fourth-order valence-corrected chi connectivity index (χ4v) is 3.58. The maximum absolute atomic E-state index is 12.4. The monoisotopic (exact) mass is 354 g/mol. The van der Waals surface area contributed by atoms with E-state index in [-0.39, 0.29) is 18.6 Å². The molecule has 2 aromatic carbocycles. The highest BCUT2D eigenvalue weighted by molar-refractivity contribution is 7.18. The Morgan fingerprint density at radius 2 is 1.92 bits per heavy atom. The molecule has 0 aliphatic heterocycles. The third kappa shape index (κ3) is 3.99. The van der Waals surface area contributed by atoms with Crippen molar-refractivity contribution in [1.82, 2.24) is 9.88 Å². The second kappa shape index (κ2) is 7.66. The van der Waals surface area contributed by atoms with Crippen LogP contribution in [0.15, 0.2) is 48.5 Å². The number of ether oxygens (including phenoxy) is 1. The molecular formula is C20H22N2O2S. The summed E-state index contributed by atoms with van der Waals surface area (Å²) in [6.07, 6.45) is 0.988. The SMILES string of the molecule is CCc1ccc(OCC(=O)N(C)[C@H](C)c2nc3ccccc3s2)cc1. The average Bonchev–Trinajstić information content (AvgIpc) is 3.09. The van der Waals surface area contributed by atoms with Crippen LogP contribution in [-0.4, -0.2) is 29.4 Å². The first-order chi connectivity index (χ1) is 12.1. The average molecular weight is 354 g/mol. The second-order valence-electron chi connectivity index (χ2n) is 5.99. The summed E-state index contributed by atoms with van der Waals surface area (Å²) in [6, 6.07) is 15.8. The second-order valence-corrected chi connectivity index (χ2v) is 7.05. The van der Waals surface area contributed by atoms with Crippen molar-refractivity contribution < 1.29 is 9.53 Å². The lowest BCUT2D eigenvalue weighted by Gasteiger charge is -2.23. The summed E-state index contributed by atoms with van der Waals surface area (Å²) in [6.45, 7) is 4.13. The van der Waals surface area contributed by atoms with E-state index >= 15 is 0 Å². The molecule has 0 aliphatic rings. The number of nitrogens with zero attached hydrogens (tertiary/aromatic N) is 2. The molecule has 1 atom stereocenters. The quantitative estimate of drug-likeness (QED) is 0.656. The fraction of sp³-hybridized carbons (Fsp3) is 0.300. The molecule has 5 heteroatoms. The minimum absolute atomic E-state index is 0.0250. The molecule has 0 bridgehead atoms. The molecule has 0 spiro atoms. The Balaban J connectivity index is 1.62. The number of fused-ring (bicyclic) bond motifs is 1. The van der Waals surface area contributed by atoms with Crippen LogP contribution in [0.4, 0.5) is 0 Å². The number of benzene rings is 2. The Bertz CT molecular complexity index is 825. The van der Waals surface area contributed by atoms with Crippen LogP contribution in [0.5, 0.6) is 5.75 Å². The van der Waals surface area contributed by atoms with Gasteiger partial charge in [-0.1, -0.05) is 31.2 Å². The molecular weight excluding hydrogens is 332 g/mol. The van der Waals surface area contributed by atoms with Gasteiger partial charge >= 0.3 is 0 Å². The first-order valence-electron chi connectivity index (χ1n) is 8.41. The Morgan fingerprint density at radius 3 is 2.60 bits per heavy atom. The van der Waals surface area contributed by atoms with E-state index in [1.165, 1.54) is 5.56 Å². The number of aryl methyl sites for hydroxylation is 1. The van der Waals surface area contributed by atoms with E-state index in [0.29, 0.717) is 5.75 Å². The van der Waals surface area contributed by atoms with Gasteiger partial charge in [0, 0.05) is 7.05 Å². The number of amides is 1. The molecule has 3 aromatic rings. The topological polar surface area (TPSA) is 42.4 Å². The number of hydrogen-bond donors (Lipinski definition) is 0. The van der Waals surface area contributed by atoms with Crippen molar-refractivity contribution in [3.63, 3.8) is 0 Å². The van der Waals surface area contributed by atoms with Crippen LogP contribution in [0.25, 0.3) is 10.2 Å². The van der Waals surface area contributed by atoms with Gasteiger partial charge in [0.05, 0.1) is 16.3 Å². The molecule has 4 nitrogen and oxygen atoms in total. The highest BCUT2D eigenvalue weighted by Gasteiger charge is 2.21. The molecule has 1 heterocycles. The zero-order valence-corrected chi connectivity index (χ0v) is 15.5. The zero-order chi connectivity index (χ0) is 17.8. The lowest BCUT2D eigenvalue weighted by Crippen LogP contribution is -2.33. The van der Waals surface area contributed by atoms with Gasteiger partial charge in [-0.3, -0.25) is 4.79 Å². The number of thiazole rings is 1. The van der Waals surface area contributed by atoms with Crippen LogP contribution in [0.1, 0.15) is 30.5 Å². The van der Waals surface area contributed by atoms with Gasteiger partial charge in [-0.05, 0) is 43.2 Å². The third-order valence-electron chi connectivity index (χ3n) is 4.34. The predicted octanol–water partition coefficient (Wildman–Crippen LogP) is 4.46. The van der Waals surface area contributed by atoms with Crippen LogP contribution in [-0.2, 0) is 11.2 Å². The van der Waals surface area contributed by atoms with Crippen LogP contribution in [0, 0.1) is 0 Å². The van der Waals surface area contributed by atoms with Crippen molar-refractivity contribution in [2.45, 2.75) is 26.3 Å². The maximum Gasteiger partial charge on any atom is 0.260 e. The highest BCUT2D eigenvalue weighted by atomic mass is 32.1. The molecule has 0 saturated carbocycles. The first kappa shape index (κ1) is 17.4. The number of carbonyl (C=O) groups excluding carboxylic acids is 1. The van der Waals surface area contributed by atoms with E-state index in [2.05, 4.69) is 11.9 Å². The minimum Gasteiger partial charge on any atom is -0.484 e. The van der Waals surface area contributed by atoms with Crippen LogP contribution in [0.3, 0.4) is 0 Å². The zero-order valence-electron chi connectivity index (χ0n) is 14.7. The van der Waals surface area contributed by atoms with Crippen LogP contribution >= 0.6 is 11.3 Å². The van der Waals surface area contributed by atoms with Gasteiger partial charge in [0.1, 0.15) is 10.8 Å². The maximum atomic E-state index is 12.4. The number of rotatable bonds is 6. The van der Waals surface area contributed by atoms with Crippen molar-refractivity contribution in [3.8, 4) is 5.75 Å². The van der Waals surface area contributed by atoms with Crippen molar-refractivity contribution >= 4 is 27.5 Å². The molecule has 0 saturated heterocycles. The van der Waals surface area contributed by atoms with Crippen LogP contribution in [0.2, 0.25) is 0 Å². The van der Waals surface area contributed by atoms with Gasteiger partial charge in [0.25, 0.3) is 5.91 Å². The number of carbonyl (C=O) groups is 1. The van der Waals surface area contributed by atoms with Gasteiger partial charge in [-0.15, -0.1) is 11.3 Å². The Kier molecular flexibility index (Phi) is 5.34. The highest BCUT2D eigenvalue weighted by Crippen LogP contribution is 2.28. The van der Waals surface area contributed by atoms with Gasteiger partial charge in [-0.25, -0.2) is 4.98 Å². The summed E-state index contributed by atoms with van der Waals surface area (Å²) in [7, 11) is 1.79. The lowest BCUT2D eigenvalue weighted by molar-refractivity contribution is -0.134. The molecule has 1 amide bonds. The number of hydrogen-bond acceptors (Lipinski definition) is 4.